The highest BCUT2D eigenvalue weighted by Crippen LogP contribution is 2.50. The van der Waals surface area contributed by atoms with E-state index in [2.05, 4.69) is 4.99 Å². The van der Waals surface area contributed by atoms with Gasteiger partial charge in [-0.05, 0) is 36.5 Å². The van der Waals surface area contributed by atoms with Crippen molar-refractivity contribution in [2.45, 2.75) is 31.2 Å². The molecule has 0 bridgehead atoms. The molecular weight excluding hydrogens is 228 g/mol. The summed E-state index contributed by atoms with van der Waals surface area (Å²) in [5, 5.41) is 0. The van der Waals surface area contributed by atoms with Crippen molar-refractivity contribution in [3.63, 3.8) is 0 Å². The zero-order chi connectivity index (χ0) is 12.8. The van der Waals surface area contributed by atoms with E-state index in [1.807, 2.05) is 18.2 Å². The molecule has 1 fully saturated rings. The van der Waals surface area contributed by atoms with Crippen molar-refractivity contribution in [2.24, 2.45) is 4.99 Å². The molecule has 0 atom stereocenters. The van der Waals surface area contributed by atoms with Crippen molar-refractivity contribution >= 4 is 17.7 Å². The molecule has 4 heteroatoms. The van der Waals surface area contributed by atoms with Crippen LogP contribution in [0.5, 0.6) is 0 Å². The number of isocyanates is 1. The largest absolute Gasteiger partial charge is 0.315 e. The van der Waals surface area contributed by atoms with Gasteiger partial charge >= 0.3 is 0 Å². The number of carbonyl (C=O) groups is 1. The molecule has 1 aromatic rings. The first-order chi connectivity index (χ1) is 8.66. The normalized spacial score (nSPS) is 20.1. The predicted molar refractivity (Wildman–Crippen MR) is 67.2 cm³/mol. The van der Waals surface area contributed by atoms with Gasteiger partial charge in [-0.2, -0.15) is 4.99 Å². The van der Waals surface area contributed by atoms with Crippen LogP contribution in [0.3, 0.4) is 0 Å². The van der Waals surface area contributed by atoms with Gasteiger partial charge in [0.1, 0.15) is 0 Å². The van der Waals surface area contributed by atoms with E-state index in [0.29, 0.717) is 6.42 Å². The highest BCUT2D eigenvalue weighted by atomic mass is 16.2. The first-order valence-corrected chi connectivity index (χ1v) is 6.15. The molecule has 1 heterocycles. The molecule has 3 rings (SSSR count). The fourth-order valence-corrected chi connectivity index (χ4v) is 2.59. The Morgan fingerprint density at radius 2 is 2.11 bits per heavy atom. The van der Waals surface area contributed by atoms with E-state index in [4.69, 9.17) is 0 Å². The van der Waals surface area contributed by atoms with E-state index in [0.717, 1.165) is 30.5 Å². The second-order valence-electron chi connectivity index (χ2n) is 5.03. The van der Waals surface area contributed by atoms with Gasteiger partial charge in [0.15, 0.2) is 0 Å². The van der Waals surface area contributed by atoms with Crippen LogP contribution in [0.4, 0.5) is 5.69 Å². The lowest BCUT2D eigenvalue weighted by atomic mass is 9.96. The molecule has 4 nitrogen and oxygen atoms in total. The molecule has 0 radical (unpaired) electrons. The Morgan fingerprint density at radius 1 is 1.33 bits per heavy atom. The maximum absolute atomic E-state index is 11.7. The number of amides is 1. The van der Waals surface area contributed by atoms with Gasteiger partial charge in [0.25, 0.3) is 0 Å². The molecule has 1 aliphatic carbocycles. The Hall–Kier alpha value is -1.93. The Morgan fingerprint density at radius 3 is 2.78 bits per heavy atom. The molecule has 1 saturated carbocycles. The standard InChI is InChI=1S/C14H14N2O2/c1-16-12-8-11(14(6-7-14)15-9-17)4-2-10(12)3-5-13(16)18/h2,4,8H,3,5-7H2,1H3. The van der Waals surface area contributed by atoms with Gasteiger partial charge in [0, 0.05) is 19.2 Å². The Kier molecular flexibility index (Phi) is 2.35. The predicted octanol–water partition coefficient (Wildman–Crippen LogP) is 1.92. The minimum Gasteiger partial charge on any atom is -0.315 e. The Labute approximate surface area is 105 Å². The van der Waals surface area contributed by atoms with Crippen molar-refractivity contribution < 1.29 is 9.59 Å². The summed E-state index contributed by atoms with van der Waals surface area (Å²) < 4.78 is 0. The van der Waals surface area contributed by atoms with Crippen LogP contribution in [0.25, 0.3) is 0 Å². The molecule has 0 aromatic heterocycles. The van der Waals surface area contributed by atoms with E-state index < -0.39 is 0 Å². The third-order valence-corrected chi connectivity index (χ3v) is 3.95. The zero-order valence-corrected chi connectivity index (χ0v) is 10.3. The maximum atomic E-state index is 11.7. The number of aliphatic imine (C=N–C) groups is 1. The van der Waals surface area contributed by atoms with E-state index in [1.165, 1.54) is 5.56 Å². The summed E-state index contributed by atoms with van der Waals surface area (Å²) in [6, 6.07) is 6.07. The fourth-order valence-electron chi connectivity index (χ4n) is 2.59. The number of hydrogen-bond acceptors (Lipinski definition) is 3. The van der Waals surface area contributed by atoms with Gasteiger partial charge in [-0.1, -0.05) is 12.1 Å². The molecular formula is C14H14N2O2. The average molecular weight is 242 g/mol. The molecule has 0 N–H and O–H groups in total. The van der Waals surface area contributed by atoms with Crippen LogP contribution < -0.4 is 4.90 Å². The number of carbonyl (C=O) groups excluding carboxylic acids is 2. The minimum absolute atomic E-state index is 0.142. The SMILES string of the molecule is CN1C(=O)CCc2ccc(C3(N=C=O)CC3)cc21. The third-order valence-electron chi connectivity index (χ3n) is 3.95. The first-order valence-electron chi connectivity index (χ1n) is 6.15. The molecule has 0 spiro atoms. The second-order valence-corrected chi connectivity index (χ2v) is 5.03. The average Bonchev–Trinajstić information content (AvgIpc) is 3.15. The molecule has 1 amide bonds. The molecule has 18 heavy (non-hydrogen) atoms. The van der Waals surface area contributed by atoms with Crippen LogP contribution in [0.15, 0.2) is 23.2 Å². The van der Waals surface area contributed by atoms with Gasteiger partial charge in [0.2, 0.25) is 12.0 Å². The van der Waals surface area contributed by atoms with Crippen LogP contribution in [-0.2, 0) is 21.5 Å². The lowest BCUT2D eigenvalue weighted by molar-refractivity contribution is -0.118. The van der Waals surface area contributed by atoms with Crippen molar-refractivity contribution in [3.8, 4) is 0 Å². The fraction of sp³-hybridized carbons (Fsp3) is 0.429. The van der Waals surface area contributed by atoms with Crippen molar-refractivity contribution in [1.29, 1.82) is 0 Å². The number of anilines is 1. The summed E-state index contributed by atoms with van der Waals surface area (Å²) >= 11 is 0. The highest BCUT2D eigenvalue weighted by molar-refractivity contribution is 5.96. The summed E-state index contributed by atoms with van der Waals surface area (Å²) in [4.78, 5) is 27.8. The van der Waals surface area contributed by atoms with Crippen LogP contribution in [0, 0.1) is 0 Å². The molecule has 0 saturated heterocycles. The minimum atomic E-state index is -0.363. The number of rotatable bonds is 2. The van der Waals surface area contributed by atoms with Gasteiger partial charge in [-0.15, -0.1) is 0 Å². The number of benzene rings is 1. The summed E-state index contributed by atoms with van der Waals surface area (Å²) in [6.45, 7) is 0. The lowest BCUT2D eigenvalue weighted by Gasteiger charge is -2.27. The quantitative estimate of drug-likeness (QED) is 0.587. The topological polar surface area (TPSA) is 49.7 Å². The van der Waals surface area contributed by atoms with E-state index >= 15 is 0 Å². The van der Waals surface area contributed by atoms with Crippen molar-refractivity contribution in [1.82, 2.24) is 0 Å². The van der Waals surface area contributed by atoms with Gasteiger partial charge in [-0.3, -0.25) is 4.79 Å². The summed E-state index contributed by atoms with van der Waals surface area (Å²) in [6.07, 6.45) is 4.80. The number of aryl methyl sites for hydroxylation is 1. The first kappa shape index (κ1) is 11.2. The van der Waals surface area contributed by atoms with E-state index in [9.17, 15) is 9.59 Å². The Bertz CT molecular complexity index is 569. The number of hydrogen-bond donors (Lipinski definition) is 0. The molecule has 2 aliphatic rings. The van der Waals surface area contributed by atoms with Crippen molar-refractivity contribution in [2.75, 3.05) is 11.9 Å². The number of fused-ring (bicyclic) bond motifs is 1. The van der Waals surface area contributed by atoms with Crippen LogP contribution in [0.2, 0.25) is 0 Å². The number of nitrogens with zero attached hydrogens (tertiary/aromatic N) is 2. The molecule has 1 aliphatic heterocycles. The summed E-state index contributed by atoms with van der Waals surface area (Å²) in [5.41, 5.74) is 2.80. The van der Waals surface area contributed by atoms with Crippen LogP contribution in [0.1, 0.15) is 30.4 Å². The van der Waals surface area contributed by atoms with Crippen LogP contribution in [-0.4, -0.2) is 19.0 Å². The Balaban J connectivity index is 2.05. The summed E-state index contributed by atoms with van der Waals surface area (Å²) in [7, 11) is 1.80. The highest BCUT2D eigenvalue weighted by Gasteiger charge is 2.45. The lowest BCUT2D eigenvalue weighted by Crippen LogP contribution is -2.31. The smallest absolute Gasteiger partial charge is 0.235 e. The maximum Gasteiger partial charge on any atom is 0.235 e. The monoisotopic (exact) mass is 242 g/mol. The van der Waals surface area contributed by atoms with Gasteiger partial charge < -0.3 is 4.90 Å². The molecule has 92 valence electrons. The second kappa shape index (κ2) is 3.79. The zero-order valence-electron chi connectivity index (χ0n) is 10.3. The van der Waals surface area contributed by atoms with E-state index in [-0.39, 0.29) is 11.4 Å². The van der Waals surface area contributed by atoms with E-state index in [1.54, 1.807) is 18.0 Å². The van der Waals surface area contributed by atoms with Gasteiger partial charge in [0.05, 0.1) is 5.54 Å². The third kappa shape index (κ3) is 1.57. The van der Waals surface area contributed by atoms with Crippen LogP contribution >= 0.6 is 0 Å². The van der Waals surface area contributed by atoms with Gasteiger partial charge in [-0.25, -0.2) is 4.79 Å². The molecule has 0 unspecified atom stereocenters. The summed E-state index contributed by atoms with van der Waals surface area (Å²) in [5.74, 6) is 0.142. The van der Waals surface area contributed by atoms with Crippen molar-refractivity contribution in [3.05, 3.63) is 29.3 Å². The molecule has 1 aromatic carbocycles.